The van der Waals surface area contributed by atoms with Crippen molar-refractivity contribution in [2.24, 2.45) is 0 Å². The summed E-state index contributed by atoms with van der Waals surface area (Å²) in [6.07, 6.45) is 4.96. The van der Waals surface area contributed by atoms with E-state index in [1.165, 1.54) is 6.33 Å². The first-order chi connectivity index (χ1) is 16.8. The Morgan fingerprint density at radius 1 is 1.09 bits per heavy atom. The summed E-state index contributed by atoms with van der Waals surface area (Å²) < 4.78 is 48.1. The van der Waals surface area contributed by atoms with Crippen LogP contribution in [0.25, 0.3) is 0 Å². The molecule has 0 amide bonds. The smallest absolute Gasteiger partial charge is 0.215 e. The zero-order chi connectivity index (χ0) is 24.9. The molecule has 0 bridgehead atoms. The molecule has 3 heterocycles. The lowest BCUT2D eigenvalue weighted by molar-refractivity contribution is 0.0853. The molecule has 2 aromatic heterocycles. The van der Waals surface area contributed by atoms with E-state index in [1.807, 2.05) is 14.0 Å². The first-order valence-electron chi connectivity index (χ1n) is 11.1. The van der Waals surface area contributed by atoms with E-state index < -0.39 is 23.0 Å². The van der Waals surface area contributed by atoms with Crippen LogP contribution in [0.1, 0.15) is 35.4 Å². The number of aromatic nitrogens is 3. The van der Waals surface area contributed by atoms with Crippen molar-refractivity contribution in [1.29, 1.82) is 0 Å². The summed E-state index contributed by atoms with van der Waals surface area (Å²) in [7, 11) is 2.00. The second-order valence-electron chi connectivity index (χ2n) is 8.16. The molecule has 4 rings (SSSR count). The molecule has 1 saturated heterocycles. The van der Waals surface area contributed by atoms with Crippen LogP contribution in [-0.4, -0.2) is 45.8 Å². The Balaban J connectivity index is 1.59. The standard InChI is InChI=1S/C25H25F2N5O2S/c1-16-21(25(30-15-29-16)32(3)20-8-10-34-11-9-20)6-4-18-12-23(17(2)28-14-18)31-35(33)24-7-5-19(26)13-22(24)27/h5,7,12-15,20,31H,8-11H2,1-3H3. The molecular weight excluding hydrogens is 472 g/mol. The Kier molecular flexibility index (Phi) is 7.80. The van der Waals surface area contributed by atoms with Gasteiger partial charge in [-0.1, -0.05) is 11.8 Å². The minimum atomic E-state index is -1.95. The second-order valence-corrected chi connectivity index (χ2v) is 9.35. The van der Waals surface area contributed by atoms with Crippen molar-refractivity contribution < 1.29 is 18.1 Å². The molecule has 0 aliphatic carbocycles. The summed E-state index contributed by atoms with van der Waals surface area (Å²) in [5.41, 5.74) is 3.03. The maximum Gasteiger partial charge on any atom is 0.215 e. The number of pyridine rings is 1. The average Bonchev–Trinajstić information content (AvgIpc) is 2.85. The molecule has 10 heteroatoms. The Hall–Kier alpha value is -3.26. The third-order valence-corrected chi connectivity index (χ3v) is 6.94. The van der Waals surface area contributed by atoms with E-state index in [9.17, 15) is 13.3 Å². The van der Waals surface area contributed by atoms with Crippen LogP contribution in [0.3, 0.4) is 0 Å². The second kappa shape index (κ2) is 11.0. The fourth-order valence-corrected chi connectivity index (χ4v) is 4.68. The van der Waals surface area contributed by atoms with Crippen LogP contribution in [0.2, 0.25) is 0 Å². The number of hydrogen-bond acceptors (Lipinski definition) is 7. The van der Waals surface area contributed by atoms with Gasteiger partial charge < -0.3 is 14.2 Å². The van der Waals surface area contributed by atoms with Crippen LogP contribution in [0.15, 0.2) is 41.7 Å². The SMILES string of the molecule is Cc1ncc(C#Cc2c(C)ncnc2N(C)C2CCOCC2)cc1N[S+]([O-])c1ccc(F)cc1F. The largest absolute Gasteiger partial charge is 0.588 e. The molecular formula is C25H25F2N5O2S. The molecule has 1 fully saturated rings. The van der Waals surface area contributed by atoms with Gasteiger partial charge in [-0.15, -0.1) is 0 Å². The number of hydrogen-bond donors (Lipinski definition) is 1. The molecule has 7 nitrogen and oxygen atoms in total. The van der Waals surface area contributed by atoms with Crippen LogP contribution in [0.5, 0.6) is 0 Å². The molecule has 3 aromatic rings. The van der Waals surface area contributed by atoms with Gasteiger partial charge in [-0.25, -0.2) is 23.5 Å². The fourth-order valence-electron chi connectivity index (χ4n) is 3.74. The van der Waals surface area contributed by atoms with E-state index in [0.717, 1.165) is 36.5 Å². The van der Waals surface area contributed by atoms with Gasteiger partial charge in [0.2, 0.25) is 4.90 Å². The van der Waals surface area contributed by atoms with Crippen molar-refractivity contribution in [3.05, 3.63) is 70.9 Å². The van der Waals surface area contributed by atoms with Crippen LogP contribution in [0.4, 0.5) is 20.3 Å². The molecule has 1 atom stereocenters. The maximum atomic E-state index is 14.0. The highest BCUT2D eigenvalue weighted by molar-refractivity contribution is 7.92. The van der Waals surface area contributed by atoms with Gasteiger partial charge in [-0.05, 0) is 38.8 Å². The Labute approximate surface area is 206 Å². The van der Waals surface area contributed by atoms with Crippen molar-refractivity contribution in [1.82, 2.24) is 15.0 Å². The molecule has 1 aliphatic heterocycles. The van der Waals surface area contributed by atoms with E-state index >= 15 is 0 Å². The molecule has 35 heavy (non-hydrogen) atoms. The quantitative estimate of drug-likeness (QED) is 0.422. The van der Waals surface area contributed by atoms with Gasteiger partial charge in [0.15, 0.2) is 5.82 Å². The van der Waals surface area contributed by atoms with E-state index in [2.05, 4.69) is 36.4 Å². The molecule has 182 valence electrons. The van der Waals surface area contributed by atoms with Gasteiger partial charge in [-0.2, -0.15) is 0 Å². The van der Waals surface area contributed by atoms with Crippen molar-refractivity contribution in [3.8, 4) is 11.8 Å². The Morgan fingerprint density at radius 2 is 1.86 bits per heavy atom. The number of benzene rings is 1. The maximum absolute atomic E-state index is 14.0. The zero-order valence-corrected chi connectivity index (χ0v) is 20.5. The summed E-state index contributed by atoms with van der Waals surface area (Å²) in [4.78, 5) is 15.1. The summed E-state index contributed by atoms with van der Waals surface area (Å²) in [6.45, 7) is 5.05. The lowest BCUT2D eigenvalue weighted by Gasteiger charge is -2.32. The van der Waals surface area contributed by atoms with E-state index in [1.54, 1.807) is 19.2 Å². The summed E-state index contributed by atoms with van der Waals surface area (Å²) >= 11 is -1.95. The predicted molar refractivity (Wildman–Crippen MR) is 130 cm³/mol. The van der Waals surface area contributed by atoms with Crippen molar-refractivity contribution in [2.45, 2.75) is 37.6 Å². The normalized spacial score (nSPS) is 14.7. The Bertz CT molecular complexity index is 1270. The number of nitrogens with zero attached hydrogens (tertiary/aromatic N) is 4. The highest BCUT2D eigenvalue weighted by Crippen LogP contribution is 2.25. The monoisotopic (exact) mass is 497 g/mol. The average molecular weight is 498 g/mol. The van der Waals surface area contributed by atoms with Gasteiger partial charge in [0, 0.05) is 50.2 Å². The summed E-state index contributed by atoms with van der Waals surface area (Å²) in [5, 5.41) is 0. The number of anilines is 2. The first kappa shape index (κ1) is 24.9. The molecule has 0 saturated carbocycles. The number of halogens is 2. The molecule has 1 unspecified atom stereocenters. The van der Waals surface area contributed by atoms with Crippen LogP contribution >= 0.6 is 0 Å². The van der Waals surface area contributed by atoms with Gasteiger partial charge in [-0.3, -0.25) is 4.98 Å². The van der Waals surface area contributed by atoms with E-state index in [-0.39, 0.29) is 4.90 Å². The topological polar surface area (TPSA) is 86.2 Å². The van der Waals surface area contributed by atoms with E-state index in [4.69, 9.17) is 4.74 Å². The zero-order valence-electron chi connectivity index (χ0n) is 19.6. The minimum Gasteiger partial charge on any atom is -0.588 e. The summed E-state index contributed by atoms with van der Waals surface area (Å²) in [6, 6.07) is 4.90. The van der Waals surface area contributed by atoms with Gasteiger partial charge in [0.1, 0.15) is 35.0 Å². The van der Waals surface area contributed by atoms with Gasteiger partial charge >= 0.3 is 0 Å². The highest BCUT2D eigenvalue weighted by atomic mass is 32.2. The Morgan fingerprint density at radius 3 is 2.60 bits per heavy atom. The first-order valence-corrected chi connectivity index (χ1v) is 12.2. The minimum absolute atomic E-state index is 0.153. The van der Waals surface area contributed by atoms with E-state index in [0.29, 0.717) is 47.8 Å². The molecule has 0 spiro atoms. The predicted octanol–water partition coefficient (Wildman–Crippen LogP) is 3.92. The lowest BCUT2D eigenvalue weighted by atomic mass is 10.1. The van der Waals surface area contributed by atoms with Crippen LogP contribution in [-0.2, 0) is 16.1 Å². The number of ether oxygens (including phenoxy) is 1. The molecule has 1 N–H and O–H groups in total. The number of aryl methyl sites for hydroxylation is 2. The lowest BCUT2D eigenvalue weighted by Crippen LogP contribution is -2.37. The van der Waals surface area contributed by atoms with Crippen molar-refractivity contribution in [3.63, 3.8) is 0 Å². The van der Waals surface area contributed by atoms with Crippen LogP contribution in [0, 0.1) is 37.3 Å². The molecule has 1 aromatic carbocycles. The number of nitrogens with one attached hydrogen (secondary N) is 1. The molecule has 0 radical (unpaired) electrons. The molecule has 1 aliphatic rings. The highest BCUT2D eigenvalue weighted by Gasteiger charge is 2.22. The number of rotatable bonds is 5. The van der Waals surface area contributed by atoms with Crippen LogP contribution < -0.4 is 9.62 Å². The fraction of sp³-hybridized carbons (Fsp3) is 0.320. The third-order valence-electron chi connectivity index (χ3n) is 5.80. The third kappa shape index (κ3) is 5.88. The van der Waals surface area contributed by atoms with Crippen molar-refractivity contribution >= 4 is 22.9 Å². The van der Waals surface area contributed by atoms with Gasteiger partial charge in [0.05, 0.1) is 17.0 Å². The van der Waals surface area contributed by atoms with Gasteiger partial charge in [0.25, 0.3) is 0 Å². The summed E-state index contributed by atoms with van der Waals surface area (Å²) in [5.74, 6) is 5.39. The van der Waals surface area contributed by atoms with Crippen molar-refractivity contribution in [2.75, 3.05) is 29.9 Å².